The predicted molar refractivity (Wildman–Crippen MR) is 99.6 cm³/mol. The summed E-state index contributed by atoms with van der Waals surface area (Å²) in [4.78, 5) is 14.8. The first-order valence-corrected chi connectivity index (χ1v) is 9.24. The summed E-state index contributed by atoms with van der Waals surface area (Å²) >= 11 is 1.66. The molecule has 0 fully saturated rings. The zero-order valence-corrected chi connectivity index (χ0v) is 15.3. The number of likely N-dealkylation sites (N-methyl/N-ethyl adjacent to an activating group) is 1. The van der Waals surface area contributed by atoms with Crippen molar-refractivity contribution in [2.24, 2.45) is 0 Å². The number of thiophene rings is 1. The lowest BCUT2D eigenvalue weighted by molar-refractivity contribution is -0.886. The topological polar surface area (TPSA) is 46.7 Å². The number of amides is 1. The van der Waals surface area contributed by atoms with Gasteiger partial charge < -0.3 is 14.6 Å². The highest BCUT2D eigenvalue weighted by Gasteiger charge is 2.20. The molecule has 2 heterocycles. The lowest BCUT2D eigenvalue weighted by atomic mass is 10.1. The number of hydrogen-bond acceptors (Lipinski definition) is 3. The number of benzene rings is 1. The second kappa shape index (κ2) is 8.14. The Labute approximate surface area is 152 Å². The Morgan fingerprint density at radius 2 is 1.96 bits per heavy atom. The van der Waals surface area contributed by atoms with Crippen LogP contribution in [0.3, 0.4) is 0 Å². The zero-order chi connectivity index (χ0) is 17.6. The third-order valence-corrected chi connectivity index (χ3v) is 4.94. The molecule has 2 atom stereocenters. The van der Waals surface area contributed by atoms with Gasteiger partial charge in [-0.2, -0.15) is 0 Å². The number of carbonyl (C=O) groups is 1. The summed E-state index contributed by atoms with van der Waals surface area (Å²) < 4.78 is 5.59. The summed E-state index contributed by atoms with van der Waals surface area (Å²) in [6.07, 6.45) is 0. The van der Waals surface area contributed by atoms with Crippen molar-refractivity contribution in [1.82, 2.24) is 5.32 Å². The fraction of sp³-hybridized carbons (Fsp3) is 0.250. The van der Waals surface area contributed by atoms with E-state index in [0.717, 1.165) is 26.9 Å². The van der Waals surface area contributed by atoms with E-state index in [1.54, 1.807) is 11.3 Å². The van der Waals surface area contributed by atoms with Crippen LogP contribution in [0.2, 0.25) is 0 Å². The lowest BCUT2D eigenvalue weighted by Gasteiger charge is -2.19. The normalized spacial score (nSPS) is 13.4. The van der Waals surface area contributed by atoms with Gasteiger partial charge in [0.1, 0.15) is 12.3 Å². The van der Waals surface area contributed by atoms with E-state index in [-0.39, 0.29) is 11.9 Å². The summed E-state index contributed by atoms with van der Waals surface area (Å²) in [5, 5.41) is 5.21. The largest absolute Gasteiger partial charge is 0.460 e. The van der Waals surface area contributed by atoms with Crippen molar-refractivity contribution < 1.29 is 14.1 Å². The summed E-state index contributed by atoms with van der Waals surface area (Å²) in [7, 11) is 2.00. The molecule has 1 aromatic carbocycles. The number of carbonyl (C=O) groups excluding carboxylic acids is 1. The van der Waals surface area contributed by atoms with E-state index in [9.17, 15) is 4.79 Å². The smallest absolute Gasteiger partial charge is 0.275 e. The minimum atomic E-state index is -0.104. The molecule has 0 aliphatic heterocycles. The Balaban J connectivity index is 1.64. The molecular weight excluding hydrogens is 332 g/mol. The highest BCUT2D eigenvalue weighted by Crippen LogP contribution is 2.25. The molecule has 3 rings (SSSR count). The third-order valence-electron chi connectivity index (χ3n) is 4.00. The van der Waals surface area contributed by atoms with Crippen LogP contribution < -0.4 is 10.2 Å². The van der Waals surface area contributed by atoms with Crippen molar-refractivity contribution in [1.29, 1.82) is 0 Å². The molecule has 130 valence electrons. The monoisotopic (exact) mass is 355 g/mol. The van der Waals surface area contributed by atoms with E-state index in [0.29, 0.717) is 13.1 Å². The van der Waals surface area contributed by atoms with Gasteiger partial charge in [0.25, 0.3) is 5.91 Å². The summed E-state index contributed by atoms with van der Waals surface area (Å²) in [6, 6.07) is 18.0. The van der Waals surface area contributed by atoms with Crippen LogP contribution in [0.4, 0.5) is 0 Å². The Hall–Kier alpha value is -2.37. The Kier molecular flexibility index (Phi) is 5.68. The number of furan rings is 1. The van der Waals surface area contributed by atoms with Crippen molar-refractivity contribution in [2.75, 3.05) is 13.6 Å². The first-order valence-electron chi connectivity index (χ1n) is 8.36. The van der Waals surface area contributed by atoms with Crippen molar-refractivity contribution in [3.05, 3.63) is 81.9 Å². The van der Waals surface area contributed by atoms with Crippen LogP contribution in [0.25, 0.3) is 0 Å². The highest BCUT2D eigenvalue weighted by atomic mass is 32.1. The van der Waals surface area contributed by atoms with E-state index in [1.807, 2.05) is 67.9 Å². The predicted octanol–water partition coefficient (Wildman–Crippen LogP) is 2.57. The van der Waals surface area contributed by atoms with Gasteiger partial charge in [-0.05, 0) is 36.1 Å². The first kappa shape index (κ1) is 17.5. The minimum absolute atomic E-state index is 0.0306. The standard InChI is InChI=1S/C20H22N2O2S/c1-15-10-11-17(24-15)13-22(2)14-19(23)21-20(18-9-6-12-25-18)16-7-4-3-5-8-16/h3-12,20H,13-14H2,1-2H3,(H,21,23)/p+1/t20-/m0/s1. The molecule has 0 radical (unpaired) electrons. The molecule has 1 unspecified atom stereocenters. The first-order chi connectivity index (χ1) is 12.1. The fourth-order valence-corrected chi connectivity index (χ4v) is 3.65. The van der Waals surface area contributed by atoms with Gasteiger partial charge in [0, 0.05) is 4.88 Å². The molecular formula is C20H23N2O2S+. The molecule has 1 amide bonds. The van der Waals surface area contributed by atoms with E-state index in [4.69, 9.17) is 4.42 Å². The molecule has 3 aromatic rings. The second-order valence-electron chi connectivity index (χ2n) is 6.25. The molecule has 0 saturated carbocycles. The number of quaternary nitrogens is 1. The number of hydrogen-bond donors (Lipinski definition) is 2. The maximum absolute atomic E-state index is 12.6. The van der Waals surface area contributed by atoms with Gasteiger partial charge >= 0.3 is 0 Å². The quantitative estimate of drug-likeness (QED) is 0.684. The SMILES string of the molecule is Cc1ccc(C[NH+](C)CC(=O)N[C@@H](c2ccccc2)c2cccs2)o1. The molecule has 4 nitrogen and oxygen atoms in total. The van der Waals surface area contributed by atoms with Crippen molar-refractivity contribution >= 4 is 17.2 Å². The van der Waals surface area contributed by atoms with Crippen LogP contribution in [-0.4, -0.2) is 19.5 Å². The molecule has 2 aromatic heterocycles. The minimum Gasteiger partial charge on any atom is -0.460 e. The van der Waals surface area contributed by atoms with E-state index in [1.165, 1.54) is 0 Å². The maximum Gasteiger partial charge on any atom is 0.275 e. The number of nitrogens with one attached hydrogen (secondary N) is 2. The van der Waals surface area contributed by atoms with Gasteiger partial charge in [-0.1, -0.05) is 36.4 Å². The molecule has 5 heteroatoms. The number of aryl methyl sites for hydroxylation is 1. The molecule has 0 spiro atoms. The van der Waals surface area contributed by atoms with E-state index >= 15 is 0 Å². The fourth-order valence-electron chi connectivity index (χ4n) is 2.85. The van der Waals surface area contributed by atoms with Gasteiger partial charge in [0.05, 0.1) is 13.1 Å². The zero-order valence-electron chi connectivity index (χ0n) is 14.5. The van der Waals surface area contributed by atoms with Crippen LogP contribution >= 0.6 is 11.3 Å². The van der Waals surface area contributed by atoms with Crippen molar-refractivity contribution in [3.63, 3.8) is 0 Å². The Morgan fingerprint density at radius 1 is 1.16 bits per heavy atom. The van der Waals surface area contributed by atoms with Gasteiger partial charge in [-0.15, -0.1) is 11.3 Å². The van der Waals surface area contributed by atoms with Gasteiger partial charge in [0.2, 0.25) is 0 Å². The average Bonchev–Trinajstić information content (AvgIpc) is 3.25. The molecule has 0 aliphatic rings. The van der Waals surface area contributed by atoms with E-state index in [2.05, 4.69) is 11.4 Å². The summed E-state index contributed by atoms with van der Waals surface area (Å²) in [5.74, 6) is 1.83. The molecule has 25 heavy (non-hydrogen) atoms. The van der Waals surface area contributed by atoms with Crippen LogP contribution in [0.1, 0.15) is 28.0 Å². The average molecular weight is 355 g/mol. The van der Waals surface area contributed by atoms with Crippen molar-refractivity contribution in [2.45, 2.75) is 19.5 Å². The van der Waals surface area contributed by atoms with Crippen LogP contribution in [0.15, 0.2) is 64.4 Å². The Bertz CT molecular complexity index is 796. The molecule has 0 saturated heterocycles. The van der Waals surface area contributed by atoms with Gasteiger partial charge in [0.15, 0.2) is 12.3 Å². The highest BCUT2D eigenvalue weighted by molar-refractivity contribution is 7.10. The van der Waals surface area contributed by atoms with Crippen LogP contribution in [-0.2, 0) is 11.3 Å². The molecule has 0 bridgehead atoms. The number of rotatable bonds is 7. The second-order valence-corrected chi connectivity index (χ2v) is 7.23. The summed E-state index contributed by atoms with van der Waals surface area (Å²) in [6.45, 7) is 3.02. The van der Waals surface area contributed by atoms with Crippen LogP contribution in [0, 0.1) is 6.92 Å². The van der Waals surface area contributed by atoms with Gasteiger partial charge in [-0.3, -0.25) is 4.79 Å². The lowest BCUT2D eigenvalue weighted by Crippen LogP contribution is -3.08. The third kappa shape index (κ3) is 4.81. The van der Waals surface area contributed by atoms with Crippen LogP contribution in [0.5, 0.6) is 0 Å². The Morgan fingerprint density at radius 3 is 2.60 bits per heavy atom. The summed E-state index contributed by atoms with van der Waals surface area (Å²) in [5.41, 5.74) is 1.10. The maximum atomic E-state index is 12.6. The molecule has 0 aliphatic carbocycles. The van der Waals surface area contributed by atoms with Crippen molar-refractivity contribution in [3.8, 4) is 0 Å². The molecule has 2 N–H and O–H groups in total. The van der Waals surface area contributed by atoms with E-state index < -0.39 is 0 Å². The van der Waals surface area contributed by atoms with Gasteiger partial charge in [-0.25, -0.2) is 0 Å².